The Balaban J connectivity index is 1.31. The van der Waals surface area contributed by atoms with Gasteiger partial charge in [-0.25, -0.2) is 15.6 Å². The van der Waals surface area contributed by atoms with Gasteiger partial charge in [0.1, 0.15) is 0 Å². The van der Waals surface area contributed by atoms with Crippen LogP contribution in [0.3, 0.4) is 0 Å². The number of hydrogen-bond donors (Lipinski definition) is 2. The van der Waals surface area contributed by atoms with Gasteiger partial charge in [0.15, 0.2) is 0 Å². The molecule has 0 radical (unpaired) electrons. The fourth-order valence-corrected chi connectivity index (χ4v) is 7.13. The Morgan fingerprint density at radius 3 is 2.47 bits per heavy atom. The van der Waals surface area contributed by atoms with Crippen molar-refractivity contribution >= 4 is 5.52 Å². The summed E-state index contributed by atoms with van der Waals surface area (Å²) in [4.78, 5) is 17.9. The predicted octanol–water partition coefficient (Wildman–Crippen LogP) is 3.42. The zero-order valence-corrected chi connectivity index (χ0v) is 22.2. The predicted molar refractivity (Wildman–Crippen MR) is 137 cm³/mol. The first-order valence-corrected chi connectivity index (χ1v) is 14.0. The van der Waals surface area contributed by atoms with Crippen molar-refractivity contribution in [3.63, 3.8) is 0 Å². The normalized spacial score (nSPS) is 28.6. The molecule has 11 heteroatoms. The number of ether oxygens (including phenoxy) is 1. The second-order valence-electron chi connectivity index (χ2n) is 12.0. The lowest BCUT2D eigenvalue weighted by Gasteiger charge is -2.46. The average Bonchev–Trinajstić information content (AvgIpc) is 3.37. The number of nitrogens with zero attached hydrogens (tertiary/aromatic N) is 4. The third-order valence-corrected chi connectivity index (χ3v) is 9.57. The molecule has 2 aliphatic heterocycles. The maximum Gasteiger partial charge on any atom is 0.418 e. The van der Waals surface area contributed by atoms with Crippen LogP contribution in [0.1, 0.15) is 62.1 Å². The molecule has 38 heavy (non-hydrogen) atoms. The van der Waals surface area contributed by atoms with Gasteiger partial charge < -0.3 is 4.74 Å². The maximum atomic E-state index is 14.2. The van der Waals surface area contributed by atoms with Crippen molar-refractivity contribution < 1.29 is 17.9 Å². The number of likely N-dealkylation sites (N-methyl/N-ethyl adjacent to an activating group) is 1. The molecule has 0 aromatic carbocycles. The van der Waals surface area contributed by atoms with Gasteiger partial charge in [-0.05, 0) is 62.7 Å². The lowest BCUT2D eigenvalue weighted by atomic mass is 9.65. The number of aromatic nitrogens is 2. The molecule has 4 heterocycles. The van der Waals surface area contributed by atoms with Gasteiger partial charge in [-0.15, -0.1) is 0 Å². The first-order chi connectivity index (χ1) is 18.2. The van der Waals surface area contributed by atoms with Crippen LogP contribution < -0.4 is 16.5 Å². The highest BCUT2D eigenvalue weighted by Gasteiger charge is 2.44. The molecule has 8 nitrogen and oxygen atoms in total. The van der Waals surface area contributed by atoms with E-state index in [0.717, 1.165) is 32.4 Å². The van der Waals surface area contributed by atoms with E-state index >= 15 is 0 Å². The van der Waals surface area contributed by atoms with E-state index in [1.807, 2.05) is 11.9 Å². The lowest BCUT2D eigenvalue weighted by Crippen LogP contribution is -2.50. The molecule has 2 aromatic heterocycles. The van der Waals surface area contributed by atoms with Crippen molar-refractivity contribution in [3.8, 4) is 0 Å². The van der Waals surface area contributed by atoms with E-state index in [2.05, 4.69) is 22.8 Å². The number of imidazole rings is 1. The summed E-state index contributed by atoms with van der Waals surface area (Å²) in [6, 6.07) is 1.30. The van der Waals surface area contributed by atoms with Gasteiger partial charge in [0.2, 0.25) is 0 Å². The summed E-state index contributed by atoms with van der Waals surface area (Å²) >= 11 is 0. The van der Waals surface area contributed by atoms with Crippen LogP contribution in [-0.4, -0.2) is 65.0 Å². The molecule has 4 fully saturated rings. The van der Waals surface area contributed by atoms with E-state index in [4.69, 9.17) is 4.74 Å². The zero-order valence-electron chi connectivity index (χ0n) is 22.2. The fraction of sp³-hybridized carbons (Fsp3) is 0.741. The molecule has 2 aliphatic carbocycles. The van der Waals surface area contributed by atoms with Gasteiger partial charge in [0, 0.05) is 25.0 Å². The largest absolute Gasteiger partial charge is 0.418 e. The van der Waals surface area contributed by atoms with Gasteiger partial charge in [-0.1, -0.05) is 25.7 Å². The highest BCUT2D eigenvalue weighted by molar-refractivity contribution is 5.56. The molecule has 6 rings (SSSR count). The molecular weight excluding hydrogens is 497 g/mol. The summed E-state index contributed by atoms with van der Waals surface area (Å²) in [5.74, 6) is 1.54. The topological polar surface area (TPSA) is 66.2 Å². The van der Waals surface area contributed by atoms with E-state index in [1.165, 1.54) is 35.9 Å². The van der Waals surface area contributed by atoms with Crippen molar-refractivity contribution in [1.29, 1.82) is 0 Å². The van der Waals surface area contributed by atoms with E-state index < -0.39 is 11.7 Å². The summed E-state index contributed by atoms with van der Waals surface area (Å²) in [5, 5.41) is 0. The summed E-state index contributed by atoms with van der Waals surface area (Å²) in [5.41, 5.74) is 6.05. The minimum absolute atomic E-state index is 0.0556. The minimum Gasteiger partial charge on any atom is -0.378 e. The Kier molecular flexibility index (Phi) is 7.09. The molecule has 4 atom stereocenters. The molecule has 2 saturated heterocycles. The van der Waals surface area contributed by atoms with Crippen LogP contribution in [0.15, 0.2) is 23.3 Å². The second-order valence-corrected chi connectivity index (χ2v) is 12.0. The number of nitrogens with one attached hydrogen (secondary N) is 2. The summed E-state index contributed by atoms with van der Waals surface area (Å²) in [7, 11) is 4.01. The Hall–Kier alpha value is -1.92. The highest BCUT2D eigenvalue weighted by atomic mass is 19.4. The Bertz CT molecular complexity index is 1200. The van der Waals surface area contributed by atoms with Crippen LogP contribution in [0.25, 0.3) is 5.52 Å². The summed E-state index contributed by atoms with van der Waals surface area (Å²) in [6.45, 7) is 2.28. The standard InChI is InChI=1S/C27H39F3N6O2/c1-33(21-14-38-15-21)11-17-9-22(27(28,29)30)23-13-35(26(37)36(23)12-17)20-8-4-7-19(10-20)24(18-5-3-6-18)25-32-31-16-34(25)2/h9,12-13,18-21,24-25,31-32H,3-8,10-11,14-16H2,1-2H3/t19-,20?,24?,25?/m0/s1. The number of halogens is 3. The number of fused-ring (bicyclic) bond motifs is 1. The van der Waals surface area contributed by atoms with Crippen LogP contribution in [0.4, 0.5) is 13.2 Å². The van der Waals surface area contributed by atoms with E-state index in [1.54, 1.807) is 10.8 Å². The lowest BCUT2D eigenvalue weighted by molar-refractivity contribution is -0.136. The molecule has 2 aromatic rings. The molecule has 0 spiro atoms. The highest BCUT2D eigenvalue weighted by Crippen LogP contribution is 2.47. The summed E-state index contributed by atoms with van der Waals surface area (Å²) < 4.78 is 50.6. The molecule has 210 valence electrons. The van der Waals surface area contributed by atoms with Crippen molar-refractivity contribution in [3.05, 3.63) is 40.1 Å². The molecule has 2 saturated carbocycles. The Labute approximate surface area is 221 Å². The quantitative estimate of drug-likeness (QED) is 0.566. The van der Waals surface area contributed by atoms with Gasteiger partial charge in [0.25, 0.3) is 0 Å². The second kappa shape index (κ2) is 10.2. The number of pyridine rings is 1. The van der Waals surface area contributed by atoms with Gasteiger partial charge in [-0.2, -0.15) is 13.2 Å². The van der Waals surface area contributed by atoms with Crippen LogP contribution in [0.2, 0.25) is 0 Å². The minimum atomic E-state index is -4.55. The molecular formula is C27H39F3N6O2. The van der Waals surface area contributed by atoms with Gasteiger partial charge in [0.05, 0.1) is 43.2 Å². The third-order valence-electron chi connectivity index (χ3n) is 9.57. The van der Waals surface area contributed by atoms with Crippen molar-refractivity contribution in [2.45, 2.75) is 75.9 Å². The van der Waals surface area contributed by atoms with Crippen molar-refractivity contribution in [1.82, 2.24) is 29.6 Å². The van der Waals surface area contributed by atoms with E-state index in [0.29, 0.717) is 43.1 Å². The average molecular weight is 537 g/mol. The molecule has 3 unspecified atom stereocenters. The Morgan fingerprint density at radius 1 is 1.13 bits per heavy atom. The molecule has 2 N–H and O–H groups in total. The van der Waals surface area contributed by atoms with Crippen LogP contribution in [0, 0.1) is 17.8 Å². The molecule has 0 amide bonds. The van der Waals surface area contributed by atoms with Gasteiger partial charge in [-0.3, -0.25) is 18.8 Å². The SMILES string of the molecule is CN(Cc1cc(C(F)(F)F)c2cn(C3CCC[C@H](C(C4CCC4)C4NNCN4C)C3)c(=O)n2c1)C1COC1. The number of alkyl halides is 3. The van der Waals surface area contributed by atoms with Crippen LogP contribution >= 0.6 is 0 Å². The monoisotopic (exact) mass is 536 g/mol. The smallest absolute Gasteiger partial charge is 0.378 e. The molecule has 0 bridgehead atoms. The molecule has 4 aliphatic rings. The van der Waals surface area contributed by atoms with Crippen molar-refractivity contribution in [2.24, 2.45) is 17.8 Å². The number of hydrazine groups is 1. The first-order valence-electron chi connectivity index (χ1n) is 14.0. The first kappa shape index (κ1) is 26.3. The Morgan fingerprint density at radius 2 is 1.87 bits per heavy atom. The van der Waals surface area contributed by atoms with Crippen molar-refractivity contribution in [2.75, 3.05) is 34.0 Å². The summed E-state index contributed by atoms with van der Waals surface area (Å²) in [6.07, 6.45) is 6.19. The zero-order chi connectivity index (χ0) is 26.6. The van der Waals surface area contributed by atoms with Gasteiger partial charge >= 0.3 is 11.9 Å². The van der Waals surface area contributed by atoms with Crippen LogP contribution in [-0.2, 0) is 17.5 Å². The van der Waals surface area contributed by atoms with E-state index in [-0.39, 0.29) is 29.5 Å². The van der Waals surface area contributed by atoms with Crippen LogP contribution in [0.5, 0.6) is 0 Å². The number of rotatable bonds is 7. The maximum absolute atomic E-state index is 14.2. The van der Waals surface area contributed by atoms with E-state index in [9.17, 15) is 18.0 Å². The number of hydrogen-bond acceptors (Lipinski definition) is 6. The third kappa shape index (κ3) is 4.81. The fourth-order valence-electron chi connectivity index (χ4n) is 7.13.